The van der Waals surface area contributed by atoms with Crippen LogP contribution >= 0.6 is 0 Å². The molecule has 1 N–H and O–H groups in total. The van der Waals surface area contributed by atoms with Gasteiger partial charge in [-0.2, -0.15) is 5.10 Å². The summed E-state index contributed by atoms with van der Waals surface area (Å²) >= 11 is 0. The van der Waals surface area contributed by atoms with Crippen LogP contribution in [0.2, 0.25) is 0 Å². The first-order valence-corrected chi connectivity index (χ1v) is 9.80. The second kappa shape index (κ2) is 8.90. The number of carbonyl (C=O) groups excluding carboxylic acids is 2. The van der Waals surface area contributed by atoms with Crippen molar-refractivity contribution in [1.82, 2.24) is 9.78 Å². The molecule has 0 unspecified atom stereocenters. The van der Waals surface area contributed by atoms with E-state index in [9.17, 15) is 9.59 Å². The Morgan fingerprint density at radius 2 is 1.83 bits per heavy atom. The van der Waals surface area contributed by atoms with Gasteiger partial charge in [-0.05, 0) is 42.7 Å². The van der Waals surface area contributed by atoms with Crippen molar-refractivity contribution in [2.24, 2.45) is 5.92 Å². The van der Waals surface area contributed by atoms with Crippen LogP contribution < -0.4 is 5.32 Å². The fraction of sp³-hybridized carbons (Fsp3) is 0.348. The Hall–Kier alpha value is -3.15. The maximum Gasteiger partial charge on any atom is 0.310 e. The van der Waals surface area contributed by atoms with Gasteiger partial charge in [0.1, 0.15) is 0 Å². The first-order chi connectivity index (χ1) is 13.8. The Bertz CT molecular complexity index is 1040. The SMILES string of the molecule is Cc1nn(CC(C)C)c(C)c1CC(=O)OCC(=O)Nc1ccc2ccccc2c1. The van der Waals surface area contributed by atoms with Crippen molar-refractivity contribution in [2.45, 2.75) is 40.7 Å². The molecule has 0 atom stereocenters. The molecule has 29 heavy (non-hydrogen) atoms. The number of hydrogen-bond acceptors (Lipinski definition) is 4. The van der Waals surface area contributed by atoms with E-state index in [-0.39, 0.29) is 18.9 Å². The lowest BCUT2D eigenvalue weighted by Gasteiger charge is -2.09. The molecule has 3 aromatic rings. The zero-order valence-corrected chi connectivity index (χ0v) is 17.4. The third-order valence-corrected chi connectivity index (χ3v) is 4.79. The second-order valence-corrected chi connectivity index (χ2v) is 7.67. The molecule has 1 heterocycles. The molecule has 0 radical (unpaired) electrons. The highest BCUT2D eigenvalue weighted by Gasteiger charge is 2.17. The van der Waals surface area contributed by atoms with Crippen LogP contribution in [0.4, 0.5) is 5.69 Å². The molecule has 0 saturated heterocycles. The predicted octanol–water partition coefficient (Wildman–Crippen LogP) is 4.03. The van der Waals surface area contributed by atoms with Gasteiger partial charge >= 0.3 is 5.97 Å². The summed E-state index contributed by atoms with van der Waals surface area (Å²) in [6.07, 6.45) is 0.110. The fourth-order valence-corrected chi connectivity index (χ4v) is 3.32. The summed E-state index contributed by atoms with van der Waals surface area (Å²) in [5.74, 6) is -0.335. The number of aryl methyl sites for hydroxylation is 1. The van der Waals surface area contributed by atoms with Crippen molar-refractivity contribution in [3.05, 3.63) is 59.4 Å². The minimum atomic E-state index is -0.436. The van der Waals surface area contributed by atoms with E-state index >= 15 is 0 Å². The maximum atomic E-state index is 12.2. The standard InChI is InChI=1S/C23H27N3O3/c1-15(2)13-26-17(4)21(16(3)25-26)12-23(28)29-14-22(27)24-20-10-9-18-7-5-6-8-19(18)11-20/h5-11,15H,12-14H2,1-4H3,(H,24,27). The van der Waals surface area contributed by atoms with Crippen LogP contribution in [0.5, 0.6) is 0 Å². The zero-order valence-electron chi connectivity index (χ0n) is 17.4. The topological polar surface area (TPSA) is 73.2 Å². The number of rotatable bonds is 7. The first kappa shape index (κ1) is 20.6. The number of nitrogens with one attached hydrogen (secondary N) is 1. The summed E-state index contributed by atoms with van der Waals surface area (Å²) in [6, 6.07) is 13.6. The number of aromatic nitrogens is 2. The van der Waals surface area contributed by atoms with Crippen molar-refractivity contribution < 1.29 is 14.3 Å². The van der Waals surface area contributed by atoms with Crippen molar-refractivity contribution >= 4 is 28.3 Å². The third-order valence-electron chi connectivity index (χ3n) is 4.79. The van der Waals surface area contributed by atoms with Gasteiger partial charge in [-0.25, -0.2) is 0 Å². The number of nitrogens with zero attached hydrogens (tertiary/aromatic N) is 2. The number of esters is 1. The first-order valence-electron chi connectivity index (χ1n) is 9.80. The van der Waals surface area contributed by atoms with Crippen molar-refractivity contribution in [3.8, 4) is 0 Å². The second-order valence-electron chi connectivity index (χ2n) is 7.67. The van der Waals surface area contributed by atoms with Gasteiger partial charge < -0.3 is 10.1 Å². The summed E-state index contributed by atoms with van der Waals surface area (Å²) < 4.78 is 7.11. The summed E-state index contributed by atoms with van der Waals surface area (Å²) in [7, 11) is 0. The molecular weight excluding hydrogens is 366 g/mol. The van der Waals surface area contributed by atoms with E-state index in [1.165, 1.54) is 0 Å². The molecule has 0 bridgehead atoms. The van der Waals surface area contributed by atoms with Crippen LogP contribution in [0.1, 0.15) is 30.8 Å². The van der Waals surface area contributed by atoms with Crippen molar-refractivity contribution in [2.75, 3.05) is 11.9 Å². The molecule has 0 aliphatic rings. The molecule has 0 spiro atoms. The molecule has 1 aromatic heterocycles. The highest BCUT2D eigenvalue weighted by Crippen LogP contribution is 2.19. The Labute approximate surface area is 170 Å². The average Bonchev–Trinajstić information content (AvgIpc) is 2.93. The summed E-state index contributed by atoms with van der Waals surface area (Å²) in [5.41, 5.74) is 3.33. The van der Waals surface area contributed by atoms with Gasteiger partial charge in [-0.15, -0.1) is 0 Å². The molecule has 0 aliphatic heterocycles. The summed E-state index contributed by atoms with van der Waals surface area (Å²) in [6.45, 7) is 8.58. The smallest absolute Gasteiger partial charge is 0.310 e. The molecule has 152 valence electrons. The molecule has 2 aromatic carbocycles. The van der Waals surface area contributed by atoms with Gasteiger partial charge in [0.15, 0.2) is 6.61 Å². The molecule has 3 rings (SSSR count). The molecule has 0 saturated carbocycles. The van der Waals surface area contributed by atoms with Gasteiger partial charge in [-0.1, -0.05) is 44.2 Å². The van der Waals surface area contributed by atoms with Crippen LogP contribution in [0.25, 0.3) is 10.8 Å². The highest BCUT2D eigenvalue weighted by molar-refractivity contribution is 5.95. The molecular formula is C23H27N3O3. The number of benzene rings is 2. The van der Waals surface area contributed by atoms with Gasteiger partial charge in [0.25, 0.3) is 5.91 Å². The van der Waals surface area contributed by atoms with Crippen molar-refractivity contribution in [3.63, 3.8) is 0 Å². The molecule has 0 aliphatic carbocycles. The van der Waals surface area contributed by atoms with E-state index in [1.807, 2.05) is 61.0 Å². The van der Waals surface area contributed by atoms with Crippen LogP contribution in [0, 0.1) is 19.8 Å². The third kappa shape index (κ3) is 5.22. The summed E-state index contributed by atoms with van der Waals surface area (Å²) in [5, 5.41) is 9.41. The number of hydrogen-bond donors (Lipinski definition) is 1. The number of amides is 1. The minimum Gasteiger partial charge on any atom is -0.455 e. The number of ether oxygens (including phenoxy) is 1. The van der Waals surface area contributed by atoms with Gasteiger partial charge in [0.05, 0.1) is 12.1 Å². The maximum absolute atomic E-state index is 12.2. The lowest BCUT2D eigenvalue weighted by atomic mass is 10.1. The molecule has 1 amide bonds. The van der Waals surface area contributed by atoms with Crippen LogP contribution in [-0.2, 0) is 27.3 Å². The number of carbonyl (C=O) groups is 2. The molecule has 0 fully saturated rings. The van der Waals surface area contributed by atoms with E-state index in [1.54, 1.807) is 0 Å². The summed E-state index contributed by atoms with van der Waals surface area (Å²) in [4.78, 5) is 24.4. The van der Waals surface area contributed by atoms with E-state index in [0.29, 0.717) is 11.6 Å². The molecule has 6 nitrogen and oxygen atoms in total. The number of anilines is 1. The van der Waals surface area contributed by atoms with Gasteiger partial charge in [0.2, 0.25) is 0 Å². The Balaban J connectivity index is 1.55. The molecule has 6 heteroatoms. The average molecular weight is 393 g/mol. The largest absolute Gasteiger partial charge is 0.455 e. The van der Waals surface area contributed by atoms with Gasteiger partial charge in [0, 0.05) is 23.5 Å². The normalized spacial score (nSPS) is 11.1. The van der Waals surface area contributed by atoms with E-state index in [4.69, 9.17) is 4.74 Å². The van der Waals surface area contributed by atoms with Crippen LogP contribution in [0.3, 0.4) is 0 Å². The lowest BCUT2D eigenvalue weighted by Crippen LogP contribution is -2.21. The quantitative estimate of drug-likeness (QED) is 0.615. The van der Waals surface area contributed by atoms with E-state index < -0.39 is 5.97 Å². The van der Waals surface area contributed by atoms with Crippen LogP contribution in [-0.4, -0.2) is 28.3 Å². The minimum absolute atomic E-state index is 0.110. The lowest BCUT2D eigenvalue weighted by molar-refractivity contribution is -0.146. The van der Waals surface area contributed by atoms with Crippen LogP contribution in [0.15, 0.2) is 42.5 Å². The highest BCUT2D eigenvalue weighted by atomic mass is 16.5. The van der Waals surface area contributed by atoms with Gasteiger partial charge in [-0.3, -0.25) is 14.3 Å². The predicted molar refractivity (Wildman–Crippen MR) is 114 cm³/mol. The zero-order chi connectivity index (χ0) is 21.0. The number of fused-ring (bicyclic) bond motifs is 1. The van der Waals surface area contributed by atoms with E-state index in [0.717, 1.165) is 34.3 Å². The fourth-order valence-electron chi connectivity index (χ4n) is 3.32. The van der Waals surface area contributed by atoms with Crippen molar-refractivity contribution in [1.29, 1.82) is 0 Å². The Morgan fingerprint density at radius 1 is 1.10 bits per heavy atom. The monoisotopic (exact) mass is 393 g/mol. The Morgan fingerprint density at radius 3 is 2.55 bits per heavy atom. The Kier molecular flexibility index (Phi) is 6.32. The van der Waals surface area contributed by atoms with E-state index in [2.05, 4.69) is 24.3 Å².